The van der Waals surface area contributed by atoms with E-state index < -0.39 is 0 Å². The second-order valence-electron chi connectivity index (χ2n) is 5.50. The third-order valence-corrected chi connectivity index (χ3v) is 5.46. The molecule has 1 aromatic rings. The maximum Gasteiger partial charge on any atom is 0.239 e. The maximum atomic E-state index is 12.4. The summed E-state index contributed by atoms with van der Waals surface area (Å²) >= 11 is 1.32. The van der Waals surface area contributed by atoms with Crippen LogP contribution in [0.15, 0.2) is 0 Å². The first-order chi connectivity index (χ1) is 8.66. The van der Waals surface area contributed by atoms with Crippen molar-refractivity contribution in [1.29, 1.82) is 0 Å². The minimum Gasteiger partial charge on any atom is -0.274 e. The minimum atomic E-state index is -0.0690. The number of carbonyl (C=O) groups excluding carboxylic acids is 2. The zero-order valence-electron chi connectivity index (χ0n) is 10.00. The lowest BCUT2D eigenvalue weighted by Gasteiger charge is -2.19. The summed E-state index contributed by atoms with van der Waals surface area (Å²) in [5.74, 6) is 0.647. The molecular weight excluding hydrogens is 250 g/mol. The van der Waals surface area contributed by atoms with Crippen LogP contribution >= 0.6 is 11.3 Å². The summed E-state index contributed by atoms with van der Waals surface area (Å²) in [5.41, 5.74) is 0. The summed E-state index contributed by atoms with van der Waals surface area (Å²) in [6, 6.07) is 0. The summed E-state index contributed by atoms with van der Waals surface area (Å²) in [5, 5.41) is 9.09. The number of amides is 2. The van der Waals surface area contributed by atoms with Crippen LogP contribution < -0.4 is 4.90 Å². The maximum absolute atomic E-state index is 12.4. The Labute approximate surface area is 108 Å². The van der Waals surface area contributed by atoms with Crippen molar-refractivity contribution < 1.29 is 9.59 Å². The molecule has 2 aliphatic carbocycles. The smallest absolute Gasteiger partial charge is 0.239 e. The van der Waals surface area contributed by atoms with Crippen molar-refractivity contribution in [2.45, 2.75) is 26.2 Å². The van der Waals surface area contributed by atoms with Crippen molar-refractivity contribution in [2.75, 3.05) is 4.90 Å². The average Bonchev–Trinajstić information content (AvgIpc) is 3.05. The van der Waals surface area contributed by atoms with Gasteiger partial charge in [-0.05, 0) is 38.0 Å². The molecule has 2 amide bonds. The van der Waals surface area contributed by atoms with Crippen LogP contribution in [0.3, 0.4) is 0 Å². The number of fused-ring (bicyclic) bond motifs is 5. The van der Waals surface area contributed by atoms with Gasteiger partial charge in [0.05, 0.1) is 11.8 Å². The summed E-state index contributed by atoms with van der Waals surface area (Å²) in [6.07, 6.45) is 3.28. The second kappa shape index (κ2) is 3.38. The van der Waals surface area contributed by atoms with E-state index in [4.69, 9.17) is 0 Å². The van der Waals surface area contributed by atoms with Gasteiger partial charge in [0.15, 0.2) is 0 Å². The van der Waals surface area contributed by atoms with E-state index in [1.807, 2.05) is 6.92 Å². The Hall–Kier alpha value is -1.30. The summed E-state index contributed by atoms with van der Waals surface area (Å²) in [7, 11) is 0. The third-order valence-electron chi connectivity index (χ3n) is 4.63. The number of hydrogen-bond donors (Lipinski definition) is 0. The van der Waals surface area contributed by atoms with E-state index >= 15 is 0 Å². The Morgan fingerprint density at radius 1 is 1.11 bits per heavy atom. The number of anilines is 1. The molecule has 3 aliphatic rings. The molecule has 6 heteroatoms. The van der Waals surface area contributed by atoms with Gasteiger partial charge in [0.2, 0.25) is 16.9 Å². The first-order valence-corrected chi connectivity index (χ1v) is 7.16. The molecule has 1 aromatic heterocycles. The molecule has 18 heavy (non-hydrogen) atoms. The molecule has 2 bridgehead atoms. The molecule has 0 spiro atoms. The second-order valence-corrected chi connectivity index (χ2v) is 6.66. The van der Waals surface area contributed by atoms with Crippen LogP contribution in [0.4, 0.5) is 5.13 Å². The van der Waals surface area contributed by atoms with Gasteiger partial charge in [-0.3, -0.25) is 9.59 Å². The van der Waals surface area contributed by atoms with Crippen LogP contribution in [0, 0.1) is 30.6 Å². The molecule has 4 atom stereocenters. The molecule has 1 aliphatic heterocycles. The van der Waals surface area contributed by atoms with E-state index in [2.05, 4.69) is 10.2 Å². The molecule has 0 radical (unpaired) electrons. The number of imide groups is 1. The zero-order valence-corrected chi connectivity index (χ0v) is 10.8. The highest BCUT2D eigenvalue weighted by molar-refractivity contribution is 7.15. The number of nitrogens with zero attached hydrogens (tertiary/aromatic N) is 3. The normalized spacial score (nSPS) is 37.7. The molecule has 94 valence electrons. The van der Waals surface area contributed by atoms with Gasteiger partial charge in [-0.15, -0.1) is 10.2 Å². The molecule has 0 unspecified atom stereocenters. The van der Waals surface area contributed by atoms with E-state index in [0.717, 1.165) is 24.3 Å². The van der Waals surface area contributed by atoms with E-state index in [9.17, 15) is 9.59 Å². The van der Waals surface area contributed by atoms with Crippen LogP contribution in [0.5, 0.6) is 0 Å². The number of carbonyl (C=O) groups is 2. The van der Waals surface area contributed by atoms with Gasteiger partial charge in [-0.25, -0.2) is 4.90 Å². The van der Waals surface area contributed by atoms with Crippen LogP contribution in [-0.4, -0.2) is 22.0 Å². The first-order valence-electron chi connectivity index (χ1n) is 6.34. The van der Waals surface area contributed by atoms with Crippen molar-refractivity contribution in [3.63, 3.8) is 0 Å². The van der Waals surface area contributed by atoms with E-state index in [1.54, 1.807) is 0 Å². The lowest BCUT2D eigenvalue weighted by atomic mass is 9.81. The highest BCUT2D eigenvalue weighted by Gasteiger charge is 2.61. The fourth-order valence-electron chi connectivity index (χ4n) is 3.97. The summed E-state index contributed by atoms with van der Waals surface area (Å²) in [6.45, 7) is 1.83. The van der Waals surface area contributed by atoms with Crippen LogP contribution in [0.1, 0.15) is 24.3 Å². The molecule has 0 N–H and O–H groups in total. The molecule has 0 aromatic carbocycles. The Balaban J connectivity index is 1.75. The number of hydrogen-bond acceptors (Lipinski definition) is 5. The lowest BCUT2D eigenvalue weighted by molar-refractivity contribution is -0.123. The molecule has 3 fully saturated rings. The van der Waals surface area contributed by atoms with Crippen molar-refractivity contribution in [3.8, 4) is 0 Å². The molecule has 2 saturated carbocycles. The van der Waals surface area contributed by atoms with Gasteiger partial charge < -0.3 is 0 Å². The Bertz CT molecular complexity index is 527. The van der Waals surface area contributed by atoms with Crippen molar-refractivity contribution in [1.82, 2.24) is 10.2 Å². The monoisotopic (exact) mass is 263 g/mol. The Morgan fingerprint density at radius 2 is 1.72 bits per heavy atom. The topological polar surface area (TPSA) is 63.2 Å². The number of aromatic nitrogens is 2. The Kier molecular flexibility index (Phi) is 1.99. The van der Waals surface area contributed by atoms with Gasteiger partial charge >= 0.3 is 0 Å². The largest absolute Gasteiger partial charge is 0.274 e. The van der Waals surface area contributed by atoms with Crippen molar-refractivity contribution in [3.05, 3.63) is 5.01 Å². The first kappa shape index (κ1) is 10.6. The molecule has 4 rings (SSSR count). The van der Waals surface area contributed by atoms with Crippen molar-refractivity contribution >= 4 is 28.3 Å². The lowest BCUT2D eigenvalue weighted by Crippen LogP contribution is -2.32. The summed E-state index contributed by atoms with van der Waals surface area (Å²) in [4.78, 5) is 26.2. The zero-order chi connectivity index (χ0) is 12.4. The fraction of sp³-hybridized carbons (Fsp3) is 0.667. The predicted molar refractivity (Wildman–Crippen MR) is 65.0 cm³/mol. The SMILES string of the molecule is Cc1nnc(N2C(=O)[C@@H]3[C@@H]4CC[C@@H](C4)[C@@H]3C2=O)s1. The van der Waals surface area contributed by atoms with Gasteiger partial charge in [-0.2, -0.15) is 0 Å². The van der Waals surface area contributed by atoms with E-state index in [0.29, 0.717) is 17.0 Å². The van der Waals surface area contributed by atoms with Crippen LogP contribution in [0.2, 0.25) is 0 Å². The molecular formula is C12H13N3O2S. The average molecular weight is 263 g/mol. The third kappa shape index (κ3) is 1.16. The fourth-order valence-corrected chi connectivity index (χ4v) is 4.67. The Morgan fingerprint density at radius 3 is 2.22 bits per heavy atom. The molecule has 1 saturated heterocycles. The van der Waals surface area contributed by atoms with Gasteiger partial charge in [0.1, 0.15) is 5.01 Å². The number of aryl methyl sites for hydroxylation is 1. The van der Waals surface area contributed by atoms with Crippen LogP contribution in [-0.2, 0) is 9.59 Å². The predicted octanol–water partition coefficient (Wildman–Crippen LogP) is 1.38. The quantitative estimate of drug-likeness (QED) is 0.718. The minimum absolute atomic E-state index is 0.0339. The highest BCUT2D eigenvalue weighted by Crippen LogP contribution is 2.56. The molecule has 5 nitrogen and oxygen atoms in total. The van der Waals surface area contributed by atoms with E-state index in [1.165, 1.54) is 16.2 Å². The van der Waals surface area contributed by atoms with Crippen LogP contribution in [0.25, 0.3) is 0 Å². The number of rotatable bonds is 1. The van der Waals surface area contributed by atoms with Crippen molar-refractivity contribution in [2.24, 2.45) is 23.7 Å². The summed E-state index contributed by atoms with van der Waals surface area (Å²) < 4.78 is 0. The van der Waals surface area contributed by atoms with Gasteiger partial charge in [0.25, 0.3) is 0 Å². The van der Waals surface area contributed by atoms with E-state index in [-0.39, 0.29) is 23.7 Å². The molecule has 2 heterocycles. The van der Waals surface area contributed by atoms with Gasteiger partial charge in [0, 0.05) is 0 Å². The van der Waals surface area contributed by atoms with Gasteiger partial charge in [-0.1, -0.05) is 11.3 Å². The highest BCUT2D eigenvalue weighted by atomic mass is 32.1. The standard InChI is InChI=1S/C12H13N3O2S/c1-5-13-14-12(18-5)15-10(16)8-6-2-3-7(4-6)9(8)11(15)17/h6-9H,2-4H2,1H3/t6-,7+,8-,9+.